The third-order valence-electron chi connectivity index (χ3n) is 2.59. The number of rotatable bonds is 6. The average molecular weight is 276 g/mol. The number of hydrogen-bond donors (Lipinski definition) is 2. The molecule has 0 aliphatic heterocycles. The smallest absolute Gasteiger partial charge is 0.122 e. The molecule has 0 fully saturated rings. The van der Waals surface area contributed by atoms with Crippen LogP contribution in [0.15, 0.2) is 45.9 Å². The lowest BCUT2D eigenvalue weighted by atomic mass is 10.2. The number of nitrogen functional groups attached to an aromatic ring is 1. The van der Waals surface area contributed by atoms with E-state index < -0.39 is 0 Å². The van der Waals surface area contributed by atoms with Gasteiger partial charge in [0.2, 0.25) is 0 Å². The van der Waals surface area contributed by atoms with E-state index in [2.05, 4.69) is 0 Å². The van der Waals surface area contributed by atoms with Crippen LogP contribution in [0.4, 0.5) is 0 Å². The summed E-state index contributed by atoms with van der Waals surface area (Å²) in [7, 11) is 0. The fourth-order valence-corrected chi connectivity index (χ4v) is 2.35. The van der Waals surface area contributed by atoms with Gasteiger partial charge in [-0.3, -0.25) is 5.41 Å². The van der Waals surface area contributed by atoms with Crippen molar-refractivity contribution < 1.29 is 9.15 Å². The number of amidine groups is 1. The summed E-state index contributed by atoms with van der Waals surface area (Å²) in [5.74, 6) is 2.65. The number of benzene rings is 1. The lowest BCUT2D eigenvalue weighted by Gasteiger charge is -2.06. The highest BCUT2D eigenvalue weighted by Gasteiger charge is 2.02. The van der Waals surface area contributed by atoms with Crippen molar-refractivity contribution in [3.63, 3.8) is 0 Å². The number of nitrogens with two attached hydrogens (primary N) is 1. The first-order valence-electron chi connectivity index (χ1n) is 5.91. The molecule has 0 bridgehead atoms. The molecule has 0 aliphatic carbocycles. The summed E-state index contributed by atoms with van der Waals surface area (Å²) in [4.78, 5) is 1.15. The SMILES string of the molecule is Cc1occc1SCCOc1ccc(C(=N)N)cc1. The van der Waals surface area contributed by atoms with Crippen molar-refractivity contribution in [2.45, 2.75) is 11.8 Å². The van der Waals surface area contributed by atoms with E-state index in [1.54, 1.807) is 30.2 Å². The van der Waals surface area contributed by atoms with Gasteiger partial charge < -0.3 is 14.9 Å². The monoisotopic (exact) mass is 276 g/mol. The van der Waals surface area contributed by atoms with Crippen LogP contribution in [-0.4, -0.2) is 18.2 Å². The number of hydrogen-bond acceptors (Lipinski definition) is 4. The molecule has 0 saturated carbocycles. The van der Waals surface area contributed by atoms with Gasteiger partial charge in [0, 0.05) is 16.2 Å². The zero-order valence-corrected chi connectivity index (χ0v) is 11.5. The van der Waals surface area contributed by atoms with Crippen LogP contribution in [0.1, 0.15) is 11.3 Å². The van der Waals surface area contributed by atoms with E-state index in [0.29, 0.717) is 12.2 Å². The minimum atomic E-state index is 0.0672. The fourth-order valence-electron chi connectivity index (χ4n) is 1.56. The molecule has 1 aromatic carbocycles. The lowest BCUT2D eigenvalue weighted by molar-refractivity contribution is 0.344. The Balaban J connectivity index is 1.76. The van der Waals surface area contributed by atoms with Crippen LogP contribution in [-0.2, 0) is 0 Å². The van der Waals surface area contributed by atoms with E-state index in [9.17, 15) is 0 Å². The predicted octanol–water partition coefficient (Wildman–Crippen LogP) is 3.04. The minimum Gasteiger partial charge on any atom is -0.493 e. The highest BCUT2D eigenvalue weighted by molar-refractivity contribution is 7.99. The molecule has 2 rings (SSSR count). The number of furan rings is 1. The summed E-state index contributed by atoms with van der Waals surface area (Å²) < 4.78 is 10.8. The molecule has 0 aliphatic rings. The summed E-state index contributed by atoms with van der Waals surface area (Å²) in [6.45, 7) is 2.57. The molecule has 4 nitrogen and oxygen atoms in total. The molecule has 19 heavy (non-hydrogen) atoms. The molecule has 0 radical (unpaired) electrons. The lowest BCUT2D eigenvalue weighted by Crippen LogP contribution is -2.10. The van der Waals surface area contributed by atoms with Gasteiger partial charge in [-0.2, -0.15) is 0 Å². The summed E-state index contributed by atoms with van der Waals surface area (Å²) in [5.41, 5.74) is 6.09. The summed E-state index contributed by atoms with van der Waals surface area (Å²) >= 11 is 1.71. The molecule has 2 aromatic rings. The zero-order valence-electron chi connectivity index (χ0n) is 10.7. The van der Waals surface area contributed by atoms with Crippen LogP contribution in [0, 0.1) is 12.3 Å². The van der Waals surface area contributed by atoms with E-state index in [1.165, 1.54) is 0 Å². The van der Waals surface area contributed by atoms with Crippen LogP contribution in [0.3, 0.4) is 0 Å². The Bertz CT molecular complexity index is 549. The van der Waals surface area contributed by atoms with Crippen LogP contribution in [0.2, 0.25) is 0 Å². The predicted molar refractivity (Wildman–Crippen MR) is 77.1 cm³/mol. The summed E-state index contributed by atoms with van der Waals surface area (Å²) in [5, 5.41) is 7.30. The van der Waals surface area contributed by atoms with Gasteiger partial charge in [0.15, 0.2) is 0 Å². The molecule has 0 atom stereocenters. The normalized spacial score (nSPS) is 10.4. The van der Waals surface area contributed by atoms with E-state index in [4.69, 9.17) is 20.3 Å². The maximum absolute atomic E-state index is 7.30. The van der Waals surface area contributed by atoms with Gasteiger partial charge in [-0.15, -0.1) is 11.8 Å². The molecule has 100 valence electrons. The highest BCUT2D eigenvalue weighted by atomic mass is 32.2. The van der Waals surface area contributed by atoms with Crippen LogP contribution >= 0.6 is 11.8 Å². The number of thioether (sulfide) groups is 1. The van der Waals surface area contributed by atoms with Crippen molar-refractivity contribution in [1.29, 1.82) is 5.41 Å². The Morgan fingerprint density at radius 1 is 1.32 bits per heavy atom. The van der Waals surface area contributed by atoms with E-state index in [0.717, 1.165) is 22.2 Å². The molecule has 0 unspecified atom stereocenters. The van der Waals surface area contributed by atoms with Crippen molar-refractivity contribution in [2.24, 2.45) is 5.73 Å². The first kappa shape index (κ1) is 13.5. The zero-order chi connectivity index (χ0) is 13.7. The highest BCUT2D eigenvalue weighted by Crippen LogP contribution is 2.23. The van der Waals surface area contributed by atoms with E-state index in [1.807, 2.05) is 25.1 Å². The largest absolute Gasteiger partial charge is 0.493 e. The Morgan fingerprint density at radius 2 is 2.05 bits per heavy atom. The van der Waals surface area contributed by atoms with Gasteiger partial charge in [0.05, 0.1) is 12.9 Å². The van der Waals surface area contributed by atoms with E-state index >= 15 is 0 Å². The number of ether oxygens (including phenoxy) is 1. The molecule has 1 heterocycles. The van der Waals surface area contributed by atoms with Gasteiger partial charge in [-0.1, -0.05) is 0 Å². The van der Waals surface area contributed by atoms with E-state index in [-0.39, 0.29) is 5.84 Å². The molecular weight excluding hydrogens is 260 g/mol. The Morgan fingerprint density at radius 3 is 2.63 bits per heavy atom. The first-order valence-corrected chi connectivity index (χ1v) is 6.89. The van der Waals surface area contributed by atoms with Gasteiger partial charge in [0.25, 0.3) is 0 Å². The third-order valence-corrected chi connectivity index (χ3v) is 3.69. The molecule has 1 aromatic heterocycles. The number of aryl methyl sites for hydroxylation is 1. The molecular formula is C14H16N2O2S. The fraction of sp³-hybridized carbons (Fsp3) is 0.214. The Kier molecular flexibility index (Phi) is 4.52. The topological polar surface area (TPSA) is 72.2 Å². The third kappa shape index (κ3) is 3.79. The van der Waals surface area contributed by atoms with Crippen molar-refractivity contribution >= 4 is 17.6 Å². The Hall–Kier alpha value is -1.88. The number of nitrogens with one attached hydrogen (secondary N) is 1. The quantitative estimate of drug-likeness (QED) is 0.368. The maximum atomic E-state index is 7.30. The van der Waals surface area contributed by atoms with Crippen molar-refractivity contribution in [2.75, 3.05) is 12.4 Å². The summed E-state index contributed by atoms with van der Waals surface area (Å²) in [6.07, 6.45) is 1.69. The minimum absolute atomic E-state index is 0.0672. The maximum Gasteiger partial charge on any atom is 0.122 e. The van der Waals surface area contributed by atoms with Gasteiger partial charge in [0.1, 0.15) is 17.3 Å². The first-order chi connectivity index (χ1) is 9.16. The van der Waals surface area contributed by atoms with Crippen molar-refractivity contribution in [3.8, 4) is 5.75 Å². The van der Waals surface area contributed by atoms with Gasteiger partial charge in [-0.05, 0) is 37.3 Å². The second-order valence-electron chi connectivity index (χ2n) is 3.98. The van der Waals surface area contributed by atoms with Crippen LogP contribution in [0.25, 0.3) is 0 Å². The van der Waals surface area contributed by atoms with Crippen LogP contribution < -0.4 is 10.5 Å². The molecule has 0 amide bonds. The van der Waals surface area contributed by atoms with Gasteiger partial charge >= 0.3 is 0 Å². The van der Waals surface area contributed by atoms with Crippen molar-refractivity contribution in [3.05, 3.63) is 47.9 Å². The second kappa shape index (κ2) is 6.33. The molecule has 0 saturated heterocycles. The molecule has 0 spiro atoms. The van der Waals surface area contributed by atoms with Crippen LogP contribution in [0.5, 0.6) is 5.75 Å². The Labute approximate surface area is 116 Å². The summed E-state index contributed by atoms with van der Waals surface area (Å²) in [6, 6.07) is 9.17. The average Bonchev–Trinajstić information content (AvgIpc) is 2.81. The van der Waals surface area contributed by atoms with Gasteiger partial charge in [-0.25, -0.2) is 0 Å². The molecule has 3 N–H and O–H groups in total. The van der Waals surface area contributed by atoms with Crippen molar-refractivity contribution in [1.82, 2.24) is 0 Å². The second-order valence-corrected chi connectivity index (χ2v) is 5.11. The standard InChI is InChI=1S/C14H16N2O2S/c1-10-13(6-7-17-10)19-9-8-18-12-4-2-11(3-5-12)14(15)16/h2-7H,8-9H2,1H3,(H3,15,16). The molecule has 5 heteroatoms.